The summed E-state index contributed by atoms with van der Waals surface area (Å²) < 4.78 is 39.7. The number of nitrogens with zero attached hydrogens (tertiary/aromatic N) is 2. The molecule has 7 nitrogen and oxygen atoms in total. The van der Waals surface area contributed by atoms with Crippen molar-refractivity contribution in [1.29, 1.82) is 0 Å². The van der Waals surface area contributed by atoms with Crippen LogP contribution in [0.1, 0.15) is 32.9 Å². The van der Waals surface area contributed by atoms with E-state index in [1.807, 2.05) is 6.92 Å². The number of aryl methyl sites for hydroxylation is 3. The summed E-state index contributed by atoms with van der Waals surface area (Å²) in [5.74, 6) is -0.949. The molecule has 1 N–H and O–H groups in total. The van der Waals surface area contributed by atoms with Gasteiger partial charge in [-0.2, -0.15) is 0 Å². The molecule has 0 aliphatic rings. The molecule has 0 aliphatic heterocycles. The van der Waals surface area contributed by atoms with E-state index in [-0.39, 0.29) is 23.3 Å². The number of pyridine rings is 3. The van der Waals surface area contributed by atoms with E-state index in [1.54, 1.807) is 32.0 Å². The summed E-state index contributed by atoms with van der Waals surface area (Å²) in [4.78, 5) is 38.4. The van der Waals surface area contributed by atoms with Crippen molar-refractivity contribution in [3.05, 3.63) is 111 Å². The summed E-state index contributed by atoms with van der Waals surface area (Å²) >= 11 is 0. The molecule has 5 rings (SSSR count). The number of Topliss-reactive ketones (excluding diaryl/α,β-unsaturated/α-hetero) is 1. The fraction of sp³-hybridized carbons (Fsp3) is 0.161. The Bertz CT molecular complexity index is 1830. The zero-order valence-electron chi connectivity index (χ0n) is 22.3. The first-order valence-electron chi connectivity index (χ1n) is 12.5. The minimum atomic E-state index is -0.684. The van der Waals surface area contributed by atoms with Crippen LogP contribution in [0.5, 0.6) is 17.4 Å². The maximum absolute atomic E-state index is 15.1. The number of methoxy groups -OCH3 is 1. The fourth-order valence-electron chi connectivity index (χ4n) is 4.72. The first kappa shape index (κ1) is 26.7. The number of aromatic amines is 1. The van der Waals surface area contributed by atoms with E-state index in [0.29, 0.717) is 45.2 Å². The Balaban J connectivity index is 1.42. The van der Waals surface area contributed by atoms with Gasteiger partial charge in [-0.1, -0.05) is 18.2 Å². The Labute approximate surface area is 228 Å². The minimum Gasteiger partial charge on any atom is -0.481 e. The lowest BCUT2D eigenvalue weighted by atomic mass is 9.95. The Kier molecular flexibility index (Phi) is 7.13. The molecule has 40 heavy (non-hydrogen) atoms. The van der Waals surface area contributed by atoms with E-state index in [1.165, 1.54) is 49.7 Å². The van der Waals surface area contributed by atoms with Crippen LogP contribution in [0, 0.1) is 32.4 Å². The zero-order chi connectivity index (χ0) is 28.6. The Morgan fingerprint density at radius 3 is 2.40 bits per heavy atom. The van der Waals surface area contributed by atoms with Crippen LogP contribution < -0.4 is 14.9 Å². The molecule has 0 atom stereocenters. The van der Waals surface area contributed by atoms with Gasteiger partial charge in [0.2, 0.25) is 11.3 Å². The van der Waals surface area contributed by atoms with Crippen LogP contribution in [0.2, 0.25) is 0 Å². The molecule has 0 saturated carbocycles. The van der Waals surface area contributed by atoms with E-state index in [4.69, 9.17) is 9.47 Å². The second-order valence-corrected chi connectivity index (χ2v) is 9.42. The molecule has 5 aromatic rings. The van der Waals surface area contributed by atoms with Crippen molar-refractivity contribution >= 4 is 16.8 Å². The molecule has 0 radical (unpaired) electrons. The Morgan fingerprint density at radius 2 is 1.70 bits per heavy atom. The molecule has 0 saturated heterocycles. The number of carbonyl (C=O) groups is 1. The minimum absolute atomic E-state index is 0.0239. The lowest BCUT2D eigenvalue weighted by molar-refractivity contribution is 0.0991. The Hall–Kier alpha value is -4.92. The molecule has 3 heterocycles. The average Bonchev–Trinajstić information content (AvgIpc) is 2.90. The van der Waals surface area contributed by atoms with Crippen LogP contribution >= 0.6 is 0 Å². The first-order valence-corrected chi connectivity index (χ1v) is 12.5. The predicted octanol–water partition coefficient (Wildman–Crippen LogP) is 6.41. The van der Waals surface area contributed by atoms with E-state index < -0.39 is 22.8 Å². The van der Waals surface area contributed by atoms with Crippen molar-refractivity contribution in [2.45, 2.75) is 27.2 Å². The van der Waals surface area contributed by atoms with Crippen LogP contribution in [-0.2, 0) is 6.42 Å². The summed E-state index contributed by atoms with van der Waals surface area (Å²) in [6, 6.07) is 13.1. The second kappa shape index (κ2) is 10.7. The molecule has 0 bridgehead atoms. The summed E-state index contributed by atoms with van der Waals surface area (Å²) in [5, 5.41) is 0. The van der Waals surface area contributed by atoms with Crippen molar-refractivity contribution in [3.8, 4) is 28.5 Å². The number of carbonyl (C=O) groups excluding carboxylic acids is 1. The number of rotatable bonds is 7. The van der Waals surface area contributed by atoms with Crippen LogP contribution in [0.25, 0.3) is 22.2 Å². The average molecular weight is 542 g/mol. The van der Waals surface area contributed by atoms with Gasteiger partial charge < -0.3 is 14.5 Å². The highest BCUT2D eigenvalue weighted by Crippen LogP contribution is 2.32. The highest BCUT2D eigenvalue weighted by Gasteiger charge is 2.21. The highest BCUT2D eigenvalue weighted by molar-refractivity contribution is 5.99. The lowest BCUT2D eigenvalue weighted by Gasteiger charge is -2.13. The highest BCUT2D eigenvalue weighted by atomic mass is 19.1. The van der Waals surface area contributed by atoms with Crippen LogP contribution in [0.4, 0.5) is 8.78 Å². The van der Waals surface area contributed by atoms with Gasteiger partial charge >= 0.3 is 0 Å². The molecule has 0 amide bonds. The number of ether oxygens (including phenoxy) is 2. The zero-order valence-corrected chi connectivity index (χ0v) is 22.3. The molecule has 0 spiro atoms. The first-order chi connectivity index (χ1) is 19.2. The number of ketones is 1. The molecule has 0 fully saturated rings. The largest absolute Gasteiger partial charge is 0.481 e. The SMILES string of the molecule is COc1nc2c(Oc3ccc(CC(=O)c4c(C)[nH]c(C)c(-c5ccc(F)cc5)c4=O)cc3F)ccnc2cc1C. The van der Waals surface area contributed by atoms with Crippen molar-refractivity contribution in [2.24, 2.45) is 0 Å². The number of hydrogen-bond donors (Lipinski definition) is 1. The topological polar surface area (TPSA) is 94.2 Å². The van der Waals surface area contributed by atoms with Gasteiger partial charge in [-0.3, -0.25) is 14.6 Å². The molecule has 9 heteroatoms. The summed E-state index contributed by atoms with van der Waals surface area (Å²) in [5.41, 5.74) is 3.40. The number of H-pyrrole nitrogens is 1. The van der Waals surface area contributed by atoms with Gasteiger partial charge in [0, 0.05) is 41.2 Å². The third kappa shape index (κ3) is 5.05. The molecule has 202 valence electrons. The van der Waals surface area contributed by atoms with E-state index >= 15 is 4.39 Å². The van der Waals surface area contributed by atoms with Gasteiger partial charge in [0.15, 0.2) is 23.1 Å². The number of nitrogens with one attached hydrogen (secondary N) is 1. The normalized spacial score (nSPS) is 11.1. The smallest absolute Gasteiger partial charge is 0.216 e. The van der Waals surface area contributed by atoms with Gasteiger partial charge in [0.25, 0.3) is 0 Å². The molecule has 3 aromatic heterocycles. The third-order valence-electron chi connectivity index (χ3n) is 6.58. The van der Waals surface area contributed by atoms with Crippen LogP contribution in [0.15, 0.2) is 65.6 Å². The van der Waals surface area contributed by atoms with Gasteiger partial charge in [-0.15, -0.1) is 0 Å². The third-order valence-corrected chi connectivity index (χ3v) is 6.58. The molecule has 0 aliphatic carbocycles. The van der Waals surface area contributed by atoms with Crippen molar-refractivity contribution in [3.63, 3.8) is 0 Å². The standard InChI is InChI=1S/C31H25F2N3O4/c1-16-13-23-29(36-31(16)39-4)26(11-12-34-23)40-25-10-5-19(14-22(25)33)15-24(37)28-18(3)35-17(2)27(30(28)38)20-6-8-21(32)9-7-20/h5-14H,15H2,1-4H3,(H,35,38). The summed E-state index contributed by atoms with van der Waals surface area (Å²) in [6.45, 7) is 5.20. The van der Waals surface area contributed by atoms with Crippen LogP contribution in [-0.4, -0.2) is 27.8 Å². The van der Waals surface area contributed by atoms with Crippen LogP contribution in [0.3, 0.4) is 0 Å². The van der Waals surface area contributed by atoms with Gasteiger partial charge in [0.1, 0.15) is 11.3 Å². The second-order valence-electron chi connectivity index (χ2n) is 9.42. The monoisotopic (exact) mass is 541 g/mol. The van der Waals surface area contributed by atoms with Crippen molar-refractivity contribution in [2.75, 3.05) is 7.11 Å². The fourth-order valence-corrected chi connectivity index (χ4v) is 4.72. The maximum atomic E-state index is 15.1. The van der Waals surface area contributed by atoms with Gasteiger partial charge in [-0.25, -0.2) is 13.8 Å². The number of halogens is 2. The number of aromatic nitrogens is 3. The number of fused-ring (bicyclic) bond motifs is 1. The maximum Gasteiger partial charge on any atom is 0.216 e. The summed E-state index contributed by atoms with van der Waals surface area (Å²) in [6.07, 6.45) is 1.33. The molecular weight excluding hydrogens is 516 g/mol. The number of benzene rings is 2. The summed E-state index contributed by atoms with van der Waals surface area (Å²) in [7, 11) is 1.51. The molecule has 0 unspecified atom stereocenters. The number of hydrogen-bond acceptors (Lipinski definition) is 6. The Morgan fingerprint density at radius 1 is 0.950 bits per heavy atom. The van der Waals surface area contributed by atoms with Gasteiger partial charge in [-0.05, 0) is 62.2 Å². The van der Waals surface area contributed by atoms with Gasteiger partial charge in [0.05, 0.1) is 18.2 Å². The molecule has 2 aromatic carbocycles. The van der Waals surface area contributed by atoms with E-state index in [0.717, 1.165) is 5.56 Å². The lowest BCUT2D eigenvalue weighted by Crippen LogP contribution is -2.22. The quantitative estimate of drug-likeness (QED) is 0.239. The van der Waals surface area contributed by atoms with Crippen molar-refractivity contribution < 1.29 is 23.0 Å². The van der Waals surface area contributed by atoms with E-state index in [2.05, 4.69) is 15.0 Å². The van der Waals surface area contributed by atoms with E-state index in [9.17, 15) is 14.0 Å². The van der Waals surface area contributed by atoms with Crippen molar-refractivity contribution in [1.82, 2.24) is 15.0 Å². The predicted molar refractivity (Wildman–Crippen MR) is 147 cm³/mol. The molecular formula is C31H25F2N3O4.